The number of benzene rings is 5. The fourth-order valence-corrected chi connectivity index (χ4v) is 7.01. The first-order chi connectivity index (χ1) is 23.8. The predicted octanol–water partition coefficient (Wildman–Crippen LogP) is 11.5. The van der Waals surface area contributed by atoms with Crippen molar-refractivity contribution in [3.8, 4) is 44.6 Å². The Morgan fingerprint density at radius 2 is 0.979 bits per heavy atom. The SMILES string of the molecule is c1cncc(-c2cc(-c3cccnc3)cc(-c3cccc(-c4nc5ccc6oc7ccccc7c6c5c5oc6ccccc6c45)c3)c2)c1. The summed E-state index contributed by atoms with van der Waals surface area (Å²) in [6.07, 6.45) is 7.41. The molecule has 5 aromatic carbocycles. The predicted molar refractivity (Wildman–Crippen MR) is 194 cm³/mol. The molecule has 0 amide bonds. The quantitative estimate of drug-likeness (QED) is 0.197. The molecule has 0 radical (unpaired) electrons. The minimum absolute atomic E-state index is 0.816. The van der Waals surface area contributed by atoms with Crippen LogP contribution in [0.25, 0.3) is 99.4 Å². The first-order valence-electron chi connectivity index (χ1n) is 15.9. The van der Waals surface area contributed by atoms with Crippen molar-refractivity contribution in [2.75, 3.05) is 0 Å². The second-order valence-electron chi connectivity index (χ2n) is 12.1. The third kappa shape index (κ3) is 4.15. The van der Waals surface area contributed by atoms with Crippen molar-refractivity contribution in [3.63, 3.8) is 0 Å². The van der Waals surface area contributed by atoms with Crippen LogP contribution in [0.3, 0.4) is 0 Å². The number of rotatable bonds is 4. The minimum atomic E-state index is 0.816. The van der Waals surface area contributed by atoms with E-state index >= 15 is 0 Å². The highest BCUT2D eigenvalue weighted by Gasteiger charge is 2.22. The van der Waals surface area contributed by atoms with Crippen LogP contribution < -0.4 is 0 Å². The average molecular weight is 616 g/mol. The maximum absolute atomic E-state index is 6.71. The Labute approximate surface area is 274 Å². The number of aromatic nitrogens is 3. The third-order valence-electron chi connectivity index (χ3n) is 9.21. The molecule has 0 bridgehead atoms. The van der Waals surface area contributed by atoms with Crippen LogP contribution in [0.1, 0.15) is 0 Å². The number of furan rings is 2. The number of hydrogen-bond donors (Lipinski definition) is 0. The molecule has 10 aromatic rings. The third-order valence-corrected chi connectivity index (χ3v) is 9.21. The van der Waals surface area contributed by atoms with E-state index in [1.807, 2.05) is 67.0 Å². The van der Waals surface area contributed by atoms with E-state index in [0.29, 0.717) is 0 Å². The molecule has 5 nitrogen and oxygen atoms in total. The van der Waals surface area contributed by atoms with E-state index in [-0.39, 0.29) is 0 Å². The maximum Gasteiger partial charge on any atom is 0.147 e. The number of nitrogens with zero attached hydrogens (tertiary/aromatic N) is 3. The Kier molecular flexibility index (Phi) is 5.81. The Bertz CT molecular complexity index is 2780. The van der Waals surface area contributed by atoms with Crippen LogP contribution in [-0.2, 0) is 0 Å². The van der Waals surface area contributed by atoms with Gasteiger partial charge in [0.2, 0.25) is 0 Å². The number of hydrogen-bond acceptors (Lipinski definition) is 5. The summed E-state index contributed by atoms with van der Waals surface area (Å²) < 4.78 is 13.0. The summed E-state index contributed by atoms with van der Waals surface area (Å²) >= 11 is 0. The lowest BCUT2D eigenvalue weighted by Gasteiger charge is -2.13. The molecule has 0 saturated heterocycles. The van der Waals surface area contributed by atoms with Gasteiger partial charge in [-0.05, 0) is 82.9 Å². The molecule has 5 aromatic heterocycles. The zero-order valence-corrected chi connectivity index (χ0v) is 25.6. The summed E-state index contributed by atoms with van der Waals surface area (Å²) in [5, 5.41) is 5.07. The molecule has 0 atom stereocenters. The van der Waals surface area contributed by atoms with Crippen LogP contribution in [0.4, 0.5) is 0 Å². The van der Waals surface area contributed by atoms with Gasteiger partial charge in [-0.2, -0.15) is 0 Å². The van der Waals surface area contributed by atoms with E-state index in [1.54, 1.807) is 12.4 Å². The largest absolute Gasteiger partial charge is 0.456 e. The summed E-state index contributed by atoms with van der Waals surface area (Å²) in [5.74, 6) is 0. The van der Waals surface area contributed by atoms with Gasteiger partial charge in [-0.3, -0.25) is 9.97 Å². The fourth-order valence-electron chi connectivity index (χ4n) is 7.01. The van der Waals surface area contributed by atoms with Gasteiger partial charge in [-0.15, -0.1) is 0 Å². The summed E-state index contributed by atoms with van der Waals surface area (Å²) in [5.41, 5.74) is 12.5. The van der Waals surface area contributed by atoms with Gasteiger partial charge in [0.1, 0.15) is 22.3 Å². The monoisotopic (exact) mass is 615 g/mol. The molecule has 0 aliphatic rings. The highest BCUT2D eigenvalue weighted by Crippen LogP contribution is 2.44. The Morgan fingerprint density at radius 3 is 1.67 bits per heavy atom. The van der Waals surface area contributed by atoms with E-state index in [2.05, 4.69) is 82.8 Å². The van der Waals surface area contributed by atoms with Gasteiger partial charge in [0.15, 0.2) is 0 Å². The number of fused-ring (bicyclic) bond motifs is 9. The average Bonchev–Trinajstić information content (AvgIpc) is 3.74. The van der Waals surface area contributed by atoms with Crippen molar-refractivity contribution in [2.24, 2.45) is 0 Å². The molecule has 0 fully saturated rings. The minimum Gasteiger partial charge on any atom is -0.456 e. The lowest BCUT2D eigenvalue weighted by Crippen LogP contribution is -1.90. The second kappa shape index (κ2) is 10.5. The molecule has 10 rings (SSSR count). The van der Waals surface area contributed by atoms with E-state index in [0.717, 1.165) is 99.4 Å². The van der Waals surface area contributed by atoms with Crippen LogP contribution in [0.5, 0.6) is 0 Å². The normalized spacial score (nSPS) is 11.8. The van der Waals surface area contributed by atoms with Crippen molar-refractivity contribution in [1.29, 1.82) is 0 Å². The van der Waals surface area contributed by atoms with E-state index in [4.69, 9.17) is 13.8 Å². The van der Waals surface area contributed by atoms with Crippen molar-refractivity contribution in [3.05, 3.63) is 152 Å². The highest BCUT2D eigenvalue weighted by atomic mass is 16.3. The van der Waals surface area contributed by atoms with Gasteiger partial charge >= 0.3 is 0 Å². The van der Waals surface area contributed by atoms with Gasteiger partial charge in [-0.25, -0.2) is 4.98 Å². The van der Waals surface area contributed by atoms with Crippen LogP contribution in [0, 0.1) is 0 Å². The van der Waals surface area contributed by atoms with Gasteiger partial charge in [-0.1, -0.05) is 66.7 Å². The van der Waals surface area contributed by atoms with Crippen LogP contribution in [0.2, 0.25) is 0 Å². The Balaban J connectivity index is 1.23. The molecule has 0 aliphatic carbocycles. The molecule has 0 unspecified atom stereocenters. The molecular weight excluding hydrogens is 590 g/mol. The van der Waals surface area contributed by atoms with E-state index in [1.165, 1.54) is 0 Å². The van der Waals surface area contributed by atoms with Gasteiger partial charge in [0.05, 0.1) is 22.0 Å². The smallest absolute Gasteiger partial charge is 0.147 e. The Hall–Kier alpha value is -6.59. The zero-order valence-electron chi connectivity index (χ0n) is 25.6. The summed E-state index contributed by atoms with van der Waals surface area (Å²) in [4.78, 5) is 14.2. The standard InChI is InChI=1S/C43H25N3O2/c1-3-14-36-33(12-1)39-38(47-36)17-16-35-41(39)43-40(34-13-2-4-15-37(34)48-43)42(46-35)27-9-5-8-26(20-27)30-21-31(28-10-6-18-44-24-28)23-32(22-30)29-11-7-19-45-25-29/h1-25H. The van der Waals surface area contributed by atoms with Gasteiger partial charge < -0.3 is 8.83 Å². The van der Waals surface area contributed by atoms with Crippen molar-refractivity contribution < 1.29 is 8.83 Å². The van der Waals surface area contributed by atoms with Crippen molar-refractivity contribution in [1.82, 2.24) is 15.0 Å². The first-order valence-corrected chi connectivity index (χ1v) is 15.9. The lowest BCUT2D eigenvalue weighted by molar-refractivity contribution is 0.667. The van der Waals surface area contributed by atoms with Crippen molar-refractivity contribution in [2.45, 2.75) is 0 Å². The molecule has 0 N–H and O–H groups in total. The zero-order chi connectivity index (χ0) is 31.6. The van der Waals surface area contributed by atoms with Crippen LogP contribution in [0.15, 0.2) is 161 Å². The van der Waals surface area contributed by atoms with Gasteiger partial charge in [0.25, 0.3) is 0 Å². The van der Waals surface area contributed by atoms with E-state index in [9.17, 15) is 0 Å². The molecule has 5 heterocycles. The number of para-hydroxylation sites is 2. The van der Waals surface area contributed by atoms with Gasteiger partial charge in [0, 0.05) is 57.6 Å². The van der Waals surface area contributed by atoms with Crippen LogP contribution in [-0.4, -0.2) is 15.0 Å². The first kappa shape index (κ1) is 26.6. The molecule has 5 heteroatoms. The molecule has 224 valence electrons. The number of pyridine rings is 3. The second-order valence-corrected chi connectivity index (χ2v) is 12.1. The fraction of sp³-hybridized carbons (Fsp3) is 0. The lowest BCUT2D eigenvalue weighted by atomic mass is 9.93. The highest BCUT2D eigenvalue weighted by molar-refractivity contribution is 6.29. The van der Waals surface area contributed by atoms with E-state index < -0.39 is 0 Å². The molecule has 0 spiro atoms. The summed E-state index contributed by atoms with van der Waals surface area (Å²) in [6.45, 7) is 0. The van der Waals surface area contributed by atoms with Crippen molar-refractivity contribution >= 4 is 54.8 Å². The Morgan fingerprint density at radius 1 is 0.396 bits per heavy atom. The molecule has 0 saturated carbocycles. The molecular formula is C43H25N3O2. The maximum atomic E-state index is 6.71. The molecule has 0 aliphatic heterocycles. The summed E-state index contributed by atoms with van der Waals surface area (Å²) in [6, 6.07) is 43.8. The molecule has 48 heavy (non-hydrogen) atoms. The topological polar surface area (TPSA) is 65.0 Å². The van der Waals surface area contributed by atoms with Crippen LogP contribution >= 0.6 is 0 Å². The summed E-state index contributed by atoms with van der Waals surface area (Å²) in [7, 11) is 0.